The van der Waals surface area contributed by atoms with Crippen molar-refractivity contribution in [2.75, 3.05) is 49.2 Å². The van der Waals surface area contributed by atoms with Crippen LogP contribution in [0.3, 0.4) is 0 Å². The van der Waals surface area contributed by atoms with Crippen molar-refractivity contribution in [3.63, 3.8) is 0 Å². The van der Waals surface area contributed by atoms with Gasteiger partial charge in [-0.25, -0.2) is 14.4 Å². The van der Waals surface area contributed by atoms with Crippen molar-refractivity contribution in [3.05, 3.63) is 41.3 Å². The van der Waals surface area contributed by atoms with E-state index in [0.29, 0.717) is 16.0 Å². The van der Waals surface area contributed by atoms with E-state index in [1.807, 2.05) is 0 Å². The first-order valence-corrected chi connectivity index (χ1v) is 9.52. The zero-order chi connectivity index (χ0) is 18.5. The van der Waals surface area contributed by atoms with Crippen molar-refractivity contribution in [1.82, 2.24) is 14.9 Å². The third-order valence-corrected chi connectivity index (χ3v) is 4.99. The minimum Gasteiger partial charge on any atom is -0.354 e. The summed E-state index contributed by atoms with van der Waals surface area (Å²) in [7, 11) is 2.09. The van der Waals surface area contributed by atoms with Crippen molar-refractivity contribution in [2.45, 2.75) is 5.16 Å². The first-order valence-electron chi connectivity index (χ1n) is 8.16. The van der Waals surface area contributed by atoms with Crippen LogP contribution < -0.4 is 10.2 Å². The zero-order valence-electron chi connectivity index (χ0n) is 14.3. The van der Waals surface area contributed by atoms with Crippen LogP contribution in [0.2, 0.25) is 5.15 Å². The van der Waals surface area contributed by atoms with Crippen molar-refractivity contribution >= 4 is 40.8 Å². The van der Waals surface area contributed by atoms with Gasteiger partial charge in [0.05, 0.1) is 5.75 Å². The van der Waals surface area contributed by atoms with E-state index in [0.717, 1.165) is 32.0 Å². The van der Waals surface area contributed by atoms with Crippen LogP contribution in [-0.2, 0) is 4.79 Å². The smallest absolute Gasteiger partial charge is 0.234 e. The lowest BCUT2D eigenvalue weighted by atomic mass is 10.3. The predicted octanol–water partition coefficient (Wildman–Crippen LogP) is 2.75. The molecular weight excluding hydrogens is 377 g/mol. The molecule has 3 rings (SSSR count). The van der Waals surface area contributed by atoms with Gasteiger partial charge in [-0.05, 0) is 31.3 Å². The molecule has 0 spiro atoms. The number of hydrogen-bond donors (Lipinski definition) is 1. The second-order valence-corrected chi connectivity index (χ2v) is 7.30. The summed E-state index contributed by atoms with van der Waals surface area (Å²) in [4.78, 5) is 25.2. The number of piperazine rings is 1. The maximum absolute atomic E-state index is 12.9. The molecule has 1 saturated heterocycles. The van der Waals surface area contributed by atoms with Crippen molar-refractivity contribution in [2.24, 2.45) is 0 Å². The molecule has 9 heteroatoms. The molecule has 6 nitrogen and oxygen atoms in total. The highest BCUT2D eigenvalue weighted by Crippen LogP contribution is 2.23. The van der Waals surface area contributed by atoms with Gasteiger partial charge in [0.25, 0.3) is 0 Å². The van der Waals surface area contributed by atoms with Gasteiger partial charge < -0.3 is 15.1 Å². The molecule has 2 heterocycles. The Morgan fingerprint density at radius 2 is 1.92 bits per heavy atom. The second-order valence-electron chi connectivity index (χ2n) is 5.97. The van der Waals surface area contributed by atoms with Crippen LogP contribution >= 0.6 is 23.4 Å². The number of halogens is 2. The van der Waals surface area contributed by atoms with E-state index in [1.165, 1.54) is 36.0 Å². The largest absolute Gasteiger partial charge is 0.354 e. The number of amides is 1. The van der Waals surface area contributed by atoms with E-state index in [4.69, 9.17) is 11.6 Å². The molecule has 1 N–H and O–H groups in total. The monoisotopic (exact) mass is 395 g/mol. The van der Waals surface area contributed by atoms with Gasteiger partial charge in [0.15, 0.2) is 5.16 Å². The highest BCUT2D eigenvalue weighted by Gasteiger charge is 2.17. The number of rotatable bonds is 5. The molecule has 2 aromatic rings. The minimum absolute atomic E-state index is 0.139. The fraction of sp³-hybridized carbons (Fsp3) is 0.353. The van der Waals surface area contributed by atoms with Crippen molar-refractivity contribution in [3.8, 4) is 0 Å². The van der Waals surface area contributed by atoms with Crippen LogP contribution in [0.25, 0.3) is 0 Å². The van der Waals surface area contributed by atoms with Crippen molar-refractivity contribution in [1.29, 1.82) is 0 Å². The summed E-state index contributed by atoms with van der Waals surface area (Å²) in [6.07, 6.45) is 0. The molecule has 1 aromatic heterocycles. The summed E-state index contributed by atoms with van der Waals surface area (Å²) < 4.78 is 12.9. The number of benzene rings is 1. The van der Waals surface area contributed by atoms with Crippen LogP contribution in [0, 0.1) is 5.82 Å². The van der Waals surface area contributed by atoms with Gasteiger partial charge >= 0.3 is 0 Å². The highest BCUT2D eigenvalue weighted by molar-refractivity contribution is 7.99. The number of aromatic nitrogens is 2. The maximum Gasteiger partial charge on any atom is 0.234 e. The summed E-state index contributed by atoms with van der Waals surface area (Å²) in [6, 6.07) is 7.37. The predicted molar refractivity (Wildman–Crippen MR) is 103 cm³/mol. The van der Waals surface area contributed by atoms with Gasteiger partial charge in [-0.3, -0.25) is 4.79 Å². The average molecular weight is 396 g/mol. The molecule has 26 heavy (non-hydrogen) atoms. The average Bonchev–Trinajstić information content (AvgIpc) is 2.62. The first kappa shape index (κ1) is 18.9. The van der Waals surface area contributed by atoms with E-state index in [9.17, 15) is 9.18 Å². The Hall–Kier alpha value is -1.90. The number of anilines is 2. The summed E-state index contributed by atoms with van der Waals surface area (Å²) >= 11 is 7.33. The second kappa shape index (κ2) is 8.66. The Morgan fingerprint density at radius 3 is 2.62 bits per heavy atom. The standard InChI is InChI=1S/C17H19ClFN5OS/c1-23-6-8-24(9-7-23)15-10-14(18)21-17(22-15)26-11-16(25)20-13-4-2-12(19)3-5-13/h2-5,10H,6-9,11H2,1H3,(H,20,25). The van der Waals surface area contributed by atoms with Crippen molar-refractivity contribution < 1.29 is 9.18 Å². The van der Waals surface area contributed by atoms with E-state index in [2.05, 4.69) is 32.1 Å². The fourth-order valence-corrected chi connectivity index (χ4v) is 3.39. The van der Waals surface area contributed by atoms with Gasteiger partial charge in [0, 0.05) is 37.9 Å². The van der Waals surface area contributed by atoms with Gasteiger partial charge in [-0.1, -0.05) is 23.4 Å². The van der Waals surface area contributed by atoms with E-state index < -0.39 is 0 Å². The molecular formula is C17H19ClFN5OS. The van der Waals surface area contributed by atoms with Gasteiger partial charge in [0.2, 0.25) is 5.91 Å². The summed E-state index contributed by atoms with van der Waals surface area (Å²) in [6.45, 7) is 3.67. The molecule has 0 saturated carbocycles. The molecule has 138 valence electrons. The molecule has 0 atom stereocenters. The lowest BCUT2D eigenvalue weighted by Crippen LogP contribution is -2.44. The Labute approximate surface area is 160 Å². The van der Waals surface area contributed by atoms with E-state index in [-0.39, 0.29) is 17.5 Å². The lowest BCUT2D eigenvalue weighted by molar-refractivity contribution is -0.113. The fourth-order valence-electron chi connectivity index (χ4n) is 2.51. The number of hydrogen-bond acceptors (Lipinski definition) is 6. The lowest BCUT2D eigenvalue weighted by Gasteiger charge is -2.33. The maximum atomic E-state index is 12.9. The molecule has 0 bridgehead atoms. The SMILES string of the molecule is CN1CCN(c2cc(Cl)nc(SCC(=O)Nc3ccc(F)cc3)n2)CC1. The quantitative estimate of drug-likeness (QED) is 0.477. The number of carbonyl (C=O) groups excluding carboxylic acids is 1. The summed E-state index contributed by atoms with van der Waals surface area (Å²) in [5, 5.41) is 3.52. The number of likely N-dealkylation sites (N-methyl/N-ethyl adjacent to an activating group) is 1. The number of thioether (sulfide) groups is 1. The van der Waals surface area contributed by atoms with Crippen LogP contribution in [0.4, 0.5) is 15.9 Å². The van der Waals surface area contributed by atoms with Gasteiger partial charge in [-0.15, -0.1) is 0 Å². The van der Waals surface area contributed by atoms with Crippen LogP contribution in [-0.4, -0.2) is 59.8 Å². The van der Waals surface area contributed by atoms with Gasteiger partial charge in [0.1, 0.15) is 16.8 Å². The zero-order valence-corrected chi connectivity index (χ0v) is 15.9. The van der Waals surface area contributed by atoms with Crippen LogP contribution in [0.1, 0.15) is 0 Å². The number of carbonyl (C=O) groups is 1. The van der Waals surface area contributed by atoms with Gasteiger partial charge in [-0.2, -0.15) is 0 Å². The molecule has 0 aliphatic carbocycles. The molecule has 0 unspecified atom stereocenters. The highest BCUT2D eigenvalue weighted by atomic mass is 35.5. The molecule has 1 aliphatic heterocycles. The Bertz CT molecular complexity index is 768. The molecule has 1 aromatic carbocycles. The summed E-state index contributed by atoms with van der Waals surface area (Å²) in [5.41, 5.74) is 0.544. The number of nitrogens with zero attached hydrogens (tertiary/aromatic N) is 4. The molecule has 1 fully saturated rings. The van der Waals surface area contributed by atoms with E-state index in [1.54, 1.807) is 6.07 Å². The van der Waals surface area contributed by atoms with Crippen LogP contribution in [0.15, 0.2) is 35.5 Å². The topological polar surface area (TPSA) is 61.4 Å². The summed E-state index contributed by atoms with van der Waals surface area (Å²) in [5.74, 6) is 0.354. The third-order valence-electron chi connectivity index (χ3n) is 3.95. The Morgan fingerprint density at radius 1 is 1.23 bits per heavy atom. The number of nitrogens with one attached hydrogen (secondary N) is 1. The minimum atomic E-state index is -0.346. The molecule has 1 amide bonds. The third kappa shape index (κ3) is 5.30. The normalized spacial score (nSPS) is 15.1. The van der Waals surface area contributed by atoms with Crippen LogP contribution in [0.5, 0.6) is 0 Å². The molecule has 0 radical (unpaired) electrons. The molecule has 1 aliphatic rings. The Balaban J connectivity index is 1.59. The van der Waals surface area contributed by atoms with E-state index >= 15 is 0 Å². The Kier molecular flexibility index (Phi) is 6.29. The first-order chi connectivity index (χ1) is 12.5.